The number of rotatable bonds is 31. The number of H-pyrrole nitrogens is 1. The molecule has 0 radical (unpaired) electrons. The number of hydrogen-bond donors (Lipinski definition) is 13. The molecule has 1 unspecified atom stereocenters. The van der Waals surface area contributed by atoms with Gasteiger partial charge in [0.05, 0.1) is 30.3 Å². The van der Waals surface area contributed by atoms with Crippen molar-refractivity contribution in [2.45, 2.75) is 81.7 Å². The van der Waals surface area contributed by atoms with Crippen molar-refractivity contribution in [2.24, 2.45) is 5.73 Å². The predicted molar refractivity (Wildman–Crippen MR) is 258 cm³/mol. The highest BCUT2D eigenvalue weighted by atomic mass is 33.1. The number of hydrogen-bond acceptors (Lipinski definition) is 19. The predicted octanol–water partition coefficient (Wildman–Crippen LogP) is -1.87. The van der Waals surface area contributed by atoms with Gasteiger partial charge >= 0.3 is 35.8 Å². The number of carboxylic acid groups (broad SMARTS) is 5. The van der Waals surface area contributed by atoms with Gasteiger partial charge in [-0.15, -0.1) is 6.42 Å². The highest BCUT2D eigenvalue weighted by molar-refractivity contribution is 8.75. The number of aromatic nitrogens is 2. The number of aliphatic carboxylic acids is 5. The van der Waals surface area contributed by atoms with Gasteiger partial charge in [0.25, 0.3) is 11.5 Å². The molecule has 28 nitrogen and oxygen atoms in total. The summed E-state index contributed by atoms with van der Waals surface area (Å²) in [5.41, 5.74) is 12.3. The topological polar surface area (TPSA) is 459 Å². The van der Waals surface area contributed by atoms with Crippen LogP contribution in [0.3, 0.4) is 0 Å². The SMILES string of the molecule is C#CCN(Cc1ccc2nc(N)[nH]c(=O)c2c1)c1ccc(C(=O)NC(CCC(=O)OSSCCC(=O)N[C@@H](CC(=O)O)C(=O)N[C@@H](CC(=O)O)C(=O)N[C@@H](CCC(=O)O)C(=O)N[C@@H](CN)C(=O)O)C(=O)O)cc1. The van der Waals surface area contributed by atoms with E-state index in [4.69, 9.17) is 27.2 Å². The number of amides is 5. The average molecular weight is 1060 g/mol. The number of anilines is 2. The molecule has 0 saturated heterocycles. The van der Waals surface area contributed by atoms with Crippen molar-refractivity contribution in [3.05, 3.63) is 63.9 Å². The molecule has 0 bridgehead atoms. The summed E-state index contributed by atoms with van der Waals surface area (Å²) in [5, 5.41) is 57.6. The average Bonchev–Trinajstić information content (AvgIpc) is 3.32. The molecule has 0 saturated carbocycles. The van der Waals surface area contributed by atoms with Crippen LogP contribution < -0.4 is 48.5 Å². The largest absolute Gasteiger partial charge is 0.481 e. The van der Waals surface area contributed by atoms with Crippen molar-refractivity contribution in [1.82, 2.24) is 36.6 Å². The van der Waals surface area contributed by atoms with E-state index < -0.39 is 146 Å². The summed E-state index contributed by atoms with van der Waals surface area (Å²) in [4.78, 5) is 156. The fourth-order valence-corrected chi connectivity index (χ4v) is 7.71. The maximum absolute atomic E-state index is 13.1. The number of carboxylic acids is 5. The Kier molecular flexibility index (Phi) is 23.4. The first-order chi connectivity index (χ1) is 34.5. The van der Waals surface area contributed by atoms with Crippen molar-refractivity contribution in [3.63, 3.8) is 0 Å². The normalized spacial score (nSPS) is 12.8. The Morgan fingerprint density at radius 2 is 1.30 bits per heavy atom. The van der Waals surface area contributed by atoms with E-state index in [9.17, 15) is 78.0 Å². The number of nitrogens with one attached hydrogen (secondary N) is 6. The summed E-state index contributed by atoms with van der Waals surface area (Å²) in [7, 11) is 0.805. The zero-order chi connectivity index (χ0) is 54.4. The third-order valence-electron chi connectivity index (χ3n) is 9.94. The van der Waals surface area contributed by atoms with Gasteiger partial charge in [-0.25, -0.2) is 14.6 Å². The van der Waals surface area contributed by atoms with Crippen LogP contribution >= 0.6 is 21.9 Å². The lowest BCUT2D eigenvalue weighted by Gasteiger charge is -2.25. The van der Waals surface area contributed by atoms with Crippen LogP contribution in [0.4, 0.5) is 11.6 Å². The lowest BCUT2D eigenvalue weighted by molar-refractivity contribution is -0.144. The van der Waals surface area contributed by atoms with Crippen molar-refractivity contribution in [2.75, 3.05) is 29.5 Å². The van der Waals surface area contributed by atoms with Crippen molar-refractivity contribution >= 4 is 110 Å². The van der Waals surface area contributed by atoms with Gasteiger partial charge in [0.1, 0.15) is 41.3 Å². The van der Waals surface area contributed by atoms with Crippen molar-refractivity contribution in [3.8, 4) is 12.3 Å². The number of nitrogens with zero attached hydrogens (tertiary/aromatic N) is 2. The summed E-state index contributed by atoms with van der Waals surface area (Å²) in [5.74, 6) is -11.9. The Morgan fingerprint density at radius 3 is 1.88 bits per heavy atom. The second kappa shape index (κ2) is 29.0. The lowest BCUT2D eigenvalue weighted by Crippen LogP contribution is -2.58. The maximum atomic E-state index is 13.1. The van der Waals surface area contributed by atoms with Gasteiger partial charge < -0.3 is 72.7 Å². The van der Waals surface area contributed by atoms with Crippen LogP contribution in [0.1, 0.15) is 60.9 Å². The minimum Gasteiger partial charge on any atom is -0.481 e. The molecule has 15 N–H and O–H groups in total. The van der Waals surface area contributed by atoms with Gasteiger partial charge in [-0.05, 0) is 54.8 Å². The van der Waals surface area contributed by atoms with Crippen LogP contribution in [0, 0.1) is 12.3 Å². The zero-order valence-electron chi connectivity index (χ0n) is 38.2. The third kappa shape index (κ3) is 20.1. The van der Waals surface area contributed by atoms with Gasteiger partial charge in [-0.3, -0.25) is 52.9 Å². The standard InChI is InChI=1S/C43H50N10O18S2/c1-2-14-53(20-21-3-8-25-24(16-21)37(63)52-43(45)51-25)23-6-4-22(5-7-23)36(62)48-27(41(67)68)10-12-35(61)71-73-72-15-13-31(54)46-28(17-33(57)58)39(65)49-29(18-34(59)60)40(66)47-26(9-11-32(55)56)38(64)50-30(19-44)42(69)70/h1,3-8,16,26-30H,9-15,17-20,44H2,(H,46,54)(H,47,66)(H,48,62)(H,49,65)(H,50,64)(H,55,56)(H,57,58)(H,59,60)(H,67,68)(H,69,70)(H3,45,51,52,63)/t26-,27?,28-,29-,30-/m0/s1. The first-order valence-corrected chi connectivity index (χ1v) is 23.6. The van der Waals surface area contributed by atoms with E-state index in [-0.39, 0.29) is 36.8 Å². The van der Waals surface area contributed by atoms with Crippen LogP contribution in [-0.4, -0.2) is 150 Å². The maximum Gasteiger partial charge on any atom is 0.327 e. The molecule has 392 valence electrons. The smallest absolute Gasteiger partial charge is 0.327 e. The van der Waals surface area contributed by atoms with Crippen molar-refractivity contribution in [1.29, 1.82) is 0 Å². The summed E-state index contributed by atoms with van der Waals surface area (Å²) in [6, 6.07) is 2.22. The Labute approximate surface area is 420 Å². The minimum atomic E-state index is -2.04. The van der Waals surface area contributed by atoms with Crippen LogP contribution in [0.25, 0.3) is 10.9 Å². The molecule has 1 heterocycles. The molecule has 5 atom stereocenters. The molecule has 0 aliphatic heterocycles. The second-order valence-electron chi connectivity index (χ2n) is 15.4. The molecule has 3 aromatic rings. The summed E-state index contributed by atoms with van der Waals surface area (Å²) in [6.45, 7) is -0.184. The van der Waals surface area contributed by atoms with E-state index in [1.165, 1.54) is 12.1 Å². The lowest BCUT2D eigenvalue weighted by atomic mass is 10.1. The molecule has 3 rings (SSSR count). The van der Waals surface area contributed by atoms with E-state index in [1.807, 2.05) is 16.0 Å². The number of benzene rings is 2. The fraction of sp³-hybridized carbons (Fsp3) is 0.372. The molecule has 73 heavy (non-hydrogen) atoms. The first-order valence-electron chi connectivity index (χ1n) is 21.4. The number of fused-ring (bicyclic) bond motifs is 1. The van der Waals surface area contributed by atoms with E-state index in [0.717, 1.165) is 16.4 Å². The summed E-state index contributed by atoms with van der Waals surface area (Å²) < 4.78 is 4.99. The van der Waals surface area contributed by atoms with Crippen LogP contribution in [0.5, 0.6) is 0 Å². The molecular formula is C43H50N10O18S2. The quantitative estimate of drug-likeness (QED) is 0.0145. The number of nitrogen functional groups attached to an aromatic ring is 1. The number of carbonyl (C=O) groups excluding carboxylic acids is 6. The van der Waals surface area contributed by atoms with Crippen molar-refractivity contribution < 1.29 is 82.5 Å². The number of nitrogens with two attached hydrogens (primary N) is 2. The van der Waals surface area contributed by atoms with Gasteiger partial charge in [0.2, 0.25) is 29.6 Å². The first kappa shape index (κ1) is 58.9. The highest BCUT2D eigenvalue weighted by Crippen LogP contribution is 2.24. The van der Waals surface area contributed by atoms with Crippen LogP contribution in [-0.2, 0) is 58.7 Å². The van der Waals surface area contributed by atoms with Gasteiger partial charge in [-0.2, -0.15) is 0 Å². The molecule has 0 fully saturated rings. The molecule has 0 aliphatic carbocycles. The molecule has 2 aromatic carbocycles. The van der Waals surface area contributed by atoms with Crippen LogP contribution in [0.2, 0.25) is 0 Å². The minimum absolute atomic E-state index is 0.0252. The van der Waals surface area contributed by atoms with Gasteiger partial charge in [-0.1, -0.05) is 22.8 Å². The highest BCUT2D eigenvalue weighted by Gasteiger charge is 2.33. The number of carbonyl (C=O) groups is 11. The van der Waals surface area contributed by atoms with Crippen LogP contribution in [0.15, 0.2) is 47.3 Å². The summed E-state index contributed by atoms with van der Waals surface area (Å²) >= 11 is 0.497. The van der Waals surface area contributed by atoms with Gasteiger partial charge in [0, 0.05) is 49.4 Å². The second-order valence-corrected chi connectivity index (χ2v) is 17.5. The van der Waals surface area contributed by atoms with E-state index in [0.29, 0.717) is 27.7 Å². The molecule has 0 spiro atoms. The van der Waals surface area contributed by atoms with E-state index >= 15 is 0 Å². The number of terminal acetylenes is 1. The molecule has 5 amide bonds. The molecular weight excluding hydrogens is 1010 g/mol. The Bertz CT molecular complexity index is 2660. The zero-order valence-corrected chi connectivity index (χ0v) is 39.8. The molecule has 0 aliphatic rings. The summed E-state index contributed by atoms with van der Waals surface area (Å²) in [6.07, 6.45) is 0.739. The Hall–Kier alpha value is -8.43. The Morgan fingerprint density at radius 1 is 0.726 bits per heavy atom. The van der Waals surface area contributed by atoms with Gasteiger partial charge in [0.15, 0.2) is 0 Å². The molecule has 30 heteroatoms. The Balaban J connectivity index is 1.50. The fourth-order valence-electron chi connectivity index (χ4n) is 6.34. The molecule has 1 aromatic heterocycles. The number of aromatic amines is 1. The monoisotopic (exact) mass is 1060 g/mol. The third-order valence-corrected chi connectivity index (χ3v) is 11.7. The van der Waals surface area contributed by atoms with E-state index in [2.05, 4.69) is 26.5 Å². The van der Waals surface area contributed by atoms with E-state index in [1.54, 1.807) is 35.2 Å².